The number of hydrogen-bond donors (Lipinski definition) is 2. The van der Waals surface area contributed by atoms with Crippen molar-refractivity contribution >= 4 is 35.1 Å². The van der Waals surface area contributed by atoms with Gasteiger partial charge in [0.05, 0.1) is 28.8 Å². The molecule has 2 heterocycles. The number of halogens is 2. The monoisotopic (exact) mass is 358 g/mol. The molecule has 0 atom stereocenters. The van der Waals surface area contributed by atoms with Crippen molar-refractivity contribution in [2.75, 3.05) is 38.1 Å². The van der Waals surface area contributed by atoms with Gasteiger partial charge in [0.1, 0.15) is 5.82 Å². The zero-order chi connectivity index (χ0) is 16.3. The van der Waals surface area contributed by atoms with E-state index >= 15 is 0 Å². The summed E-state index contributed by atoms with van der Waals surface area (Å²) in [6.07, 6.45) is 4.83. The Morgan fingerprint density at radius 2 is 2.22 bits per heavy atom. The smallest absolute Gasteiger partial charge is 0.317 e. The Bertz CT molecular complexity index is 581. The number of hydrogen-bond acceptors (Lipinski definition) is 4. The maximum Gasteiger partial charge on any atom is 0.317 e. The van der Waals surface area contributed by atoms with Crippen LogP contribution in [0.15, 0.2) is 12.3 Å². The second-order valence-electron chi connectivity index (χ2n) is 5.95. The molecule has 0 aromatic carbocycles. The molecule has 1 saturated heterocycles. The van der Waals surface area contributed by atoms with Gasteiger partial charge < -0.3 is 20.3 Å². The number of carbonyl (C=O) groups excluding carboxylic acids is 1. The summed E-state index contributed by atoms with van der Waals surface area (Å²) in [4.78, 5) is 18.2. The average Bonchev–Trinajstić information content (AvgIpc) is 2.51. The summed E-state index contributed by atoms with van der Waals surface area (Å²) in [6, 6.07) is 1.58. The second-order valence-corrected chi connectivity index (χ2v) is 6.79. The van der Waals surface area contributed by atoms with Gasteiger partial charge in [-0.05, 0) is 25.3 Å². The topological polar surface area (TPSA) is 66.5 Å². The SMILES string of the molecule is O=C(NCCNc1ncc(Cl)cc1Cl)N1CCOC2(CCC2)C1. The van der Waals surface area contributed by atoms with Gasteiger partial charge in [0, 0.05) is 25.8 Å². The molecule has 2 aliphatic rings. The first kappa shape index (κ1) is 16.6. The molecule has 0 bridgehead atoms. The number of carbonyl (C=O) groups is 1. The number of pyridine rings is 1. The van der Waals surface area contributed by atoms with E-state index in [-0.39, 0.29) is 11.6 Å². The van der Waals surface area contributed by atoms with Gasteiger partial charge in [0.25, 0.3) is 0 Å². The van der Waals surface area contributed by atoms with E-state index in [4.69, 9.17) is 27.9 Å². The molecule has 23 heavy (non-hydrogen) atoms. The van der Waals surface area contributed by atoms with Crippen LogP contribution in [0.25, 0.3) is 0 Å². The molecule has 1 aromatic rings. The van der Waals surface area contributed by atoms with Crippen LogP contribution in [0, 0.1) is 0 Å². The number of urea groups is 1. The third kappa shape index (κ3) is 4.00. The zero-order valence-corrected chi connectivity index (χ0v) is 14.3. The van der Waals surface area contributed by atoms with E-state index in [9.17, 15) is 4.79 Å². The highest BCUT2D eigenvalue weighted by Crippen LogP contribution is 2.38. The molecule has 126 valence electrons. The summed E-state index contributed by atoms with van der Waals surface area (Å²) >= 11 is 11.8. The molecule has 2 fully saturated rings. The number of nitrogens with one attached hydrogen (secondary N) is 2. The highest BCUT2D eigenvalue weighted by atomic mass is 35.5. The van der Waals surface area contributed by atoms with Gasteiger partial charge in [-0.3, -0.25) is 0 Å². The molecule has 2 amide bonds. The fourth-order valence-corrected chi connectivity index (χ4v) is 3.35. The van der Waals surface area contributed by atoms with Crippen molar-refractivity contribution < 1.29 is 9.53 Å². The zero-order valence-electron chi connectivity index (χ0n) is 12.8. The van der Waals surface area contributed by atoms with Gasteiger partial charge in [-0.1, -0.05) is 23.2 Å². The van der Waals surface area contributed by atoms with Gasteiger partial charge >= 0.3 is 6.03 Å². The van der Waals surface area contributed by atoms with Crippen molar-refractivity contribution in [1.29, 1.82) is 0 Å². The van der Waals surface area contributed by atoms with E-state index in [0.29, 0.717) is 48.6 Å². The minimum Gasteiger partial charge on any atom is -0.371 e. The van der Waals surface area contributed by atoms with E-state index in [2.05, 4.69) is 15.6 Å². The van der Waals surface area contributed by atoms with Gasteiger partial charge in [-0.15, -0.1) is 0 Å². The van der Waals surface area contributed by atoms with Crippen LogP contribution in [-0.4, -0.2) is 54.3 Å². The fraction of sp³-hybridized carbons (Fsp3) is 0.600. The van der Waals surface area contributed by atoms with E-state index in [1.54, 1.807) is 6.07 Å². The fourth-order valence-electron chi connectivity index (χ4n) is 2.90. The molecule has 1 aliphatic carbocycles. The lowest BCUT2D eigenvalue weighted by atomic mass is 9.79. The van der Waals surface area contributed by atoms with Crippen LogP contribution in [0.1, 0.15) is 19.3 Å². The molecule has 1 aliphatic heterocycles. The molecular formula is C15H20Cl2N4O2. The normalized spacial score (nSPS) is 19.3. The summed E-state index contributed by atoms with van der Waals surface area (Å²) in [5, 5.41) is 6.94. The summed E-state index contributed by atoms with van der Waals surface area (Å²) in [7, 11) is 0. The molecule has 1 saturated carbocycles. The first-order valence-corrected chi connectivity index (χ1v) is 8.55. The van der Waals surface area contributed by atoms with Crippen LogP contribution in [-0.2, 0) is 4.74 Å². The molecule has 8 heteroatoms. The van der Waals surface area contributed by atoms with Crippen LogP contribution < -0.4 is 10.6 Å². The van der Waals surface area contributed by atoms with Crippen LogP contribution in [0.5, 0.6) is 0 Å². The van der Waals surface area contributed by atoms with Crippen molar-refractivity contribution in [3.63, 3.8) is 0 Å². The number of morpholine rings is 1. The number of nitrogens with zero attached hydrogens (tertiary/aromatic N) is 2. The van der Waals surface area contributed by atoms with Crippen molar-refractivity contribution in [1.82, 2.24) is 15.2 Å². The quantitative estimate of drug-likeness (QED) is 0.812. The molecule has 2 N–H and O–H groups in total. The minimum absolute atomic E-state index is 0.0449. The maximum absolute atomic E-state index is 12.2. The highest BCUT2D eigenvalue weighted by Gasteiger charge is 2.43. The molecular weight excluding hydrogens is 339 g/mol. The Labute approximate surface area is 145 Å². The highest BCUT2D eigenvalue weighted by molar-refractivity contribution is 6.35. The van der Waals surface area contributed by atoms with Crippen molar-refractivity contribution in [2.24, 2.45) is 0 Å². The molecule has 6 nitrogen and oxygen atoms in total. The number of rotatable bonds is 4. The van der Waals surface area contributed by atoms with Crippen molar-refractivity contribution in [2.45, 2.75) is 24.9 Å². The van der Waals surface area contributed by atoms with E-state index in [0.717, 1.165) is 12.8 Å². The summed E-state index contributed by atoms with van der Waals surface area (Å²) in [6.45, 7) is 2.98. The molecule has 1 aromatic heterocycles. The largest absolute Gasteiger partial charge is 0.371 e. The predicted octanol–water partition coefficient (Wildman–Crippen LogP) is 2.76. The van der Waals surface area contributed by atoms with E-state index in [1.165, 1.54) is 12.6 Å². The standard InChI is InChI=1S/C15H20Cl2N4O2/c16-11-8-12(17)13(20-9-11)18-4-5-19-14(22)21-6-7-23-15(10-21)2-1-3-15/h8-9H,1-7,10H2,(H,18,20)(H,19,22). The lowest BCUT2D eigenvalue weighted by molar-refractivity contribution is -0.141. The summed E-state index contributed by atoms with van der Waals surface area (Å²) in [5.74, 6) is 0.560. The summed E-state index contributed by atoms with van der Waals surface area (Å²) in [5.41, 5.74) is -0.0748. The summed E-state index contributed by atoms with van der Waals surface area (Å²) < 4.78 is 5.82. The minimum atomic E-state index is -0.0748. The van der Waals surface area contributed by atoms with Crippen LogP contribution in [0.2, 0.25) is 10.0 Å². The average molecular weight is 359 g/mol. The van der Waals surface area contributed by atoms with Gasteiger partial charge in [-0.2, -0.15) is 0 Å². The van der Waals surface area contributed by atoms with E-state index in [1.807, 2.05) is 4.90 Å². The van der Waals surface area contributed by atoms with Gasteiger partial charge in [-0.25, -0.2) is 9.78 Å². The second kappa shape index (κ2) is 7.11. The third-order valence-electron chi connectivity index (χ3n) is 4.30. The Balaban J connectivity index is 1.40. The Kier molecular flexibility index (Phi) is 5.14. The molecule has 1 spiro atoms. The third-order valence-corrected chi connectivity index (χ3v) is 4.80. The van der Waals surface area contributed by atoms with Crippen LogP contribution >= 0.6 is 23.2 Å². The molecule has 3 rings (SSSR count). The Morgan fingerprint density at radius 1 is 1.39 bits per heavy atom. The first-order chi connectivity index (χ1) is 11.1. The number of anilines is 1. The van der Waals surface area contributed by atoms with Crippen LogP contribution in [0.3, 0.4) is 0 Å². The van der Waals surface area contributed by atoms with Gasteiger partial charge in [0.15, 0.2) is 0 Å². The van der Waals surface area contributed by atoms with Crippen LogP contribution in [0.4, 0.5) is 10.6 Å². The first-order valence-electron chi connectivity index (χ1n) is 7.80. The van der Waals surface area contributed by atoms with Crippen molar-refractivity contribution in [3.8, 4) is 0 Å². The molecule has 0 unspecified atom stereocenters. The number of aromatic nitrogens is 1. The Morgan fingerprint density at radius 3 is 2.91 bits per heavy atom. The molecule has 0 radical (unpaired) electrons. The number of amides is 2. The van der Waals surface area contributed by atoms with Crippen molar-refractivity contribution in [3.05, 3.63) is 22.3 Å². The predicted molar refractivity (Wildman–Crippen MR) is 90.3 cm³/mol. The lowest BCUT2D eigenvalue weighted by Crippen LogP contribution is -2.59. The Hall–Kier alpha value is -1.24. The lowest BCUT2D eigenvalue weighted by Gasteiger charge is -2.48. The van der Waals surface area contributed by atoms with E-state index < -0.39 is 0 Å². The van der Waals surface area contributed by atoms with Gasteiger partial charge in [0.2, 0.25) is 0 Å². The maximum atomic E-state index is 12.2. The number of ether oxygens (including phenoxy) is 1.